The van der Waals surface area contributed by atoms with Gasteiger partial charge in [0, 0.05) is 12.5 Å². The lowest BCUT2D eigenvalue weighted by molar-refractivity contribution is 0.000710. The van der Waals surface area contributed by atoms with Crippen molar-refractivity contribution in [3.8, 4) is 0 Å². The van der Waals surface area contributed by atoms with E-state index in [4.69, 9.17) is 10.5 Å². The average molecular weight is 338 g/mol. The van der Waals surface area contributed by atoms with Crippen molar-refractivity contribution in [2.45, 2.75) is 63.6 Å². The van der Waals surface area contributed by atoms with Gasteiger partial charge in [0.25, 0.3) is 0 Å². The maximum atomic E-state index is 13.9. The molecule has 3 N–H and O–H groups in total. The lowest BCUT2D eigenvalue weighted by atomic mass is 9.95. The molecule has 134 valence electrons. The smallest absolute Gasteiger partial charge is 0.410 e. The number of carbonyl (C=O) groups is 1. The van der Waals surface area contributed by atoms with Gasteiger partial charge in [-0.1, -0.05) is 30.3 Å². The second-order valence-electron chi connectivity index (χ2n) is 7.38. The molecule has 0 spiro atoms. The number of nitrogens with zero attached hydrogens (tertiary/aromatic N) is 1. The van der Waals surface area contributed by atoms with E-state index in [0.29, 0.717) is 6.42 Å². The Kier molecular flexibility index (Phi) is 5.83. The quantitative estimate of drug-likeness (QED) is 0.883. The first kappa shape index (κ1) is 18.7. The Bertz CT molecular complexity index is 547. The molecule has 0 radical (unpaired) electrons. The summed E-state index contributed by atoms with van der Waals surface area (Å²) in [5, 5.41) is 10.6. The summed E-state index contributed by atoms with van der Waals surface area (Å²) in [6.45, 7) is 5.18. The molecule has 4 unspecified atom stereocenters. The van der Waals surface area contributed by atoms with Gasteiger partial charge in [0.1, 0.15) is 11.8 Å². The Labute approximate surface area is 142 Å². The number of aliphatic hydroxyl groups excluding tert-OH is 1. The topological polar surface area (TPSA) is 75.8 Å². The first-order valence-electron chi connectivity index (χ1n) is 8.28. The summed E-state index contributed by atoms with van der Waals surface area (Å²) < 4.78 is 19.2. The molecule has 1 saturated heterocycles. The molecule has 4 atom stereocenters. The number of ether oxygens (including phenoxy) is 1. The molecule has 0 aromatic heterocycles. The molecule has 1 amide bonds. The molecule has 0 bridgehead atoms. The predicted molar refractivity (Wildman–Crippen MR) is 90.4 cm³/mol. The highest BCUT2D eigenvalue weighted by atomic mass is 19.1. The molecular formula is C18H27FN2O3. The van der Waals surface area contributed by atoms with Crippen LogP contribution in [0.4, 0.5) is 9.18 Å². The molecule has 0 saturated carbocycles. The fourth-order valence-electron chi connectivity index (χ4n) is 2.96. The number of hydrogen-bond donors (Lipinski definition) is 2. The van der Waals surface area contributed by atoms with Gasteiger partial charge in [0.15, 0.2) is 0 Å². The van der Waals surface area contributed by atoms with Gasteiger partial charge in [-0.15, -0.1) is 0 Å². The molecule has 24 heavy (non-hydrogen) atoms. The second-order valence-corrected chi connectivity index (χ2v) is 7.38. The summed E-state index contributed by atoms with van der Waals surface area (Å²) in [4.78, 5) is 13.6. The van der Waals surface area contributed by atoms with Crippen molar-refractivity contribution in [2.24, 2.45) is 5.73 Å². The molecule has 1 aliphatic heterocycles. The van der Waals surface area contributed by atoms with Crippen LogP contribution in [0.1, 0.15) is 32.8 Å². The van der Waals surface area contributed by atoms with Gasteiger partial charge in [-0.25, -0.2) is 9.18 Å². The van der Waals surface area contributed by atoms with Crippen LogP contribution < -0.4 is 5.73 Å². The van der Waals surface area contributed by atoms with Gasteiger partial charge in [0.2, 0.25) is 0 Å². The van der Waals surface area contributed by atoms with Crippen LogP contribution in [0.25, 0.3) is 0 Å². The number of benzene rings is 1. The number of carbonyl (C=O) groups excluding carboxylic acids is 1. The molecule has 5 nitrogen and oxygen atoms in total. The Morgan fingerprint density at radius 2 is 2.04 bits per heavy atom. The van der Waals surface area contributed by atoms with Crippen LogP contribution in [0.15, 0.2) is 30.3 Å². The predicted octanol–water partition coefficient (Wildman–Crippen LogP) is 2.26. The fraction of sp³-hybridized carbons (Fsp3) is 0.611. The highest BCUT2D eigenvalue weighted by molar-refractivity contribution is 5.69. The summed E-state index contributed by atoms with van der Waals surface area (Å²) in [6.07, 6.45) is -2.28. The monoisotopic (exact) mass is 338 g/mol. The van der Waals surface area contributed by atoms with Gasteiger partial charge < -0.3 is 15.6 Å². The number of alkyl halides is 1. The maximum absolute atomic E-state index is 13.9. The standard InChI is InChI=1S/C18H27FN2O3/c1-18(2,3)24-17(23)21-11-13(19)10-15(21)16(22)14(20)9-12-7-5-4-6-8-12/h4-8,13-16,22H,9-11,20H2,1-3H3. The first-order valence-corrected chi connectivity index (χ1v) is 8.28. The number of nitrogens with two attached hydrogens (primary N) is 1. The third-order valence-electron chi connectivity index (χ3n) is 4.07. The Balaban J connectivity index is 2.05. The minimum Gasteiger partial charge on any atom is -0.444 e. The number of rotatable bonds is 4. The van der Waals surface area contributed by atoms with E-state index in [-0.39, 0.29) is 13.0 Å². The van der Waals surface area contributed by atoms with Gasteiger partial charge in [-0.05, 0) is 32.8 Å². The largest absolute Gasteiger partial charge is 0.444 e. The first-order chi connectivity index (χ1) is 11.2. The third kappa shape index (κ3) is 4.92. The van der Waals surface area contributed by atoms with E-state index >= 15 is 0 Å². The van der Waals surface area contributed by atoms with E-state index in [0.717, 1.165) is 5.56 Å². The number of amides is 1. The fourth-order valence-corrected chi connectivity index (χ4v) is 2.96. The van der Waals surface area contributed by atoms with Gasteiger partial charge in [-0.3, -0.25) is 4.90 Å². The lowest BCUT2D eigenvalue weighted by Gasteiger charge is -2.33. The number of aliphatic hydroxyl groups is 1. The lowest BCUT2D eigenvalue weighted by Crippen LogP contribution is -2.52. The second kappa shape index (κ2) is 7.49. The third-order valence-corrected chi connectivity index (χ3v) is 4.07. The number of halogens is 1. The van der Waals surface area contributed by atoms with Crippen molar-refractivity contribution in [2.75, 3.05) is 6.54 Å². The summed E-state index contributed by atoms with van der Waals surface area (Å²) in [7, 11) is 0. The normalized spacial score (nSPS) is 23.8. The van der Waals surface area contributed by atoms with Crippen molar-refractivity contribution in [3.63, 3.8) is 0 Å². The zero-order chi connectivity index (χ0) is 17.9. The van der Waals surface area contributed by atoms with Gasteiger partial charge >= 0.3 is 6.09 Å². The van der Waals surface area contributed by atoms with Crippen LogP contribution in [0.2, 0.25) is 0 Å². The molecule has 1 aromatic carbocycles. The van der Waals surface area contributed by atoms with Gasteiger partial charge in [-0.2, -0.15) is 0 Å². The Hall–Kier alpha value is -1.66. The van der Waals surface area contributed by atoms with Crippen molar-refractivity contribution >= 4 is 6.09 Å². The Morgan fingerprint density at radius 1 is 1.42 bits per heavy atom. The van der Waals surface area contributed by atoms with E-state index in [1.807, 2.05) is 30.3 Å². The van der Waals surface area contributed by atoms with E-state index in [1.54, 1.807) is 20.8 Å². The molecule has 6 heteroatoms. The molecule has 1 aromatic rings. The van der Waals surface area contributed by atoms with Crippen molar-refractivity contribution < 1.29 is 19.0 Å². The summed E-state index contributed by atoms with van der Waals surface area (Å²) >= 11 is 0. The van der Waals surface area contributed by atoms with Crippen LogP contribution >= 0.6 is 0 Å². The van der Waals surface area contributed by atoms with Crippen LogP contribution in [-0.4, -0.2) is 52.6 Å². The SMILES string of the molecule is CC(C)(C)OC(=O)N1CC(F)CC1C(O)C(N)Cc1ccccc1. The maximum Gasteiger partial charge on any atom is 0.410 e. The van der Waals surface area contributed by atoms with E-state index in [9.17, 15) is 14.3 Å². The van der Waals surface area contributed by atoms with Crippen molar-refractivity contribution in [1.82, 2.24) is 4.90 Å². The van der Waals surface area contributed by atoms with Crippen LogP contribution in [0, 0.1) is 0 Å². The highest BCUT2D eigenvalue weighted by Crippen LogP contribution is 2.27. The van der Waals surface area contributed by atoms with Crippen LogP contribution in [0.5, 0.6) is 0 Å². The number of hydrogen-bond acceptors (Lipinski definition) is 4. The molecule has 2 rings (SSSR count). The van der Waals surface area contributed by atoms with E-state index < -0.39 is 36.1 Å². The zero-order valence-electron chi connectivity index (χ0n) is 14.5. The minimum absolute atomic E-state index is 0.0723. The van der Waals surface area contributed by atoms with Crippen LogP contribution in [-0.2, 0) is 11.2 Å². The van der Waals surface area contributed by atoms with E-state index in [1.165, 1.54) is 4.90 Å². The highest BCUT2D eigenvalue weighted by Gasteiger charge is 2.43. The van der Waals surface area contributed by atoms with Crippen LogP contribution in [0.3, 0.4) is 0 Å². The summed E-state index contributed by atoms with van der Waals surface area (Å²) in [5.41, 5.74) is 6.43. The minimum atomic E-state index is -1.18. The molecule has 0 aliphatic carbocycles. The average Bonchev–Trinajstić information content (AvgIpc) is 2.88. The summed E-state index contributed by atoms with van der Waals surface area (Å²) in [5.74, 6) is 0. The van der Waals surface area contributed by atoms with Crippen molar-refractivity contribution in [3.05, 3.63) is 35.9 Å². The molecule has 1 fully saturated rings. The molecular weight excluding hydrogens is 311 g/mol. The van der Waals surface area contributed by atoms with Crippen molar-refractivity contribution in [1.29, 1.82) is 0 Å². The van der Waals surface area contributed by atoms with Gasteiger partial charge in [0.05, 0.1) is 18.7 Å². The molecule has 1 aliphatic rings. The number of likely N-dealkylation sites (tertiary alicyclic amines) is 1. The summed E-state index contributed by atoms with van der Waals surface area (Å²) in [6, 6.07) is 8.28. The van der Waals surface area contributed by atoms with E-state index in [2.05, 4.69) is 0 Å². The zero-order valence-corrected chi connectivity index (χ0v) is 14.5. The molecule has 1 heterocycles. The Morgan fingerprint density at radius 3 is 2.62 bits per heavy atom.